The molecule has 2 N–H and O–H groups in total. The van der Waals surface area contributed by atoms with Crippen molar-refractivity contribution in [2.75, 3.05) is 5.84 Å². The van der Waals surface area contributed by atoms with Gasteiger partial charge in [-0.3, -0.25) is 0 Å². The Bertz CT molecular complexity index is 873. The standard InChI is InChI=1S/C16H13Cl2FN4OS/c17-11-2-1-10(14(18)7-11)9-25-16-22-21-15(23(16)20)8-24-13-5-3-12(19)4-6-13/h1-7H,8-9,20H2. The largest absolute Gasteiger partial charge is 0.486 e. The molecular weight excluding hydrogens is 386 g/mol. The number of ether oxygens (including phenoxy) is 1. The SMILES string of the molecule is Nn1c(COc2ccc(F)cc2)nnc1SCc1ccc(Cl)cc1Cl. The zero-order valence-corrected chi connectivity index (χ0v) is 15.2. The summed E-state index contributed by atoms with van der Waals surface area (Å²) in [4.78, 5) is 0. The number of nitrogen functional groups attached to an aromatic ring is 1. The van der Waals surface area contributed by atoms with Crippen LogP contribution in [-0.2, 0) is 12.4 Å². The first-order valence-electron chi connectivity index (χ1n) is 7.17. The molecule has 0 saturated carbocycles. The number of nitrogens with two attached hydrogens (primary N) is 1. The summed E-state index contributed by atoms with van der Waals surface area (Å²) in [6.45, 7) is 0.122. The van der Waals surface area contributed by atoms with Crippen LogP contribution in [0.4, 0.5) is 4.39 Å². The van der Waals surface area contributed by atoms with Crippen LogP contribution in [0, 0.1) is 5.82 Å². The Morgan fingerprint density at radius 1 is 1.12 bits per heavy atom. The molecule has 0 radical (unpaired) electrons. The second-order valence-corrected chi connectivity index (χ2v) is 6.82. The molecule has 2 aromatic carbocycles. The van der Waals surface area contributed by atoms with Crippen molar-refractivity contribution in [2.24, 2.45) is 0 Å². The van der Waals surface area contributed by atoms with E-state index in [4.69, 9.17) is 33.8 Å². The number of hydrogen-bond acceptors (Lipinski definition) is 5. The van der Waals surface area contributed by atoms with E-state index in [1.807, 2.05) is 6.07 Å². The number of aromatic nitrogens is 3. The van der Waals surface area contributed by atoms with Crippen molar-refractivity contribution < 1.29 is 9.13 Å². The fourth-order valence-electron chi connectivity index (χ4n) is 1.96. The van der Waals surface area contributed by atoms with E-state index < -0.39 is 0 Å². The van der Waals surface area contributed by atoms with Gasteiger partial charge in [0.1, 0.15) is 18.2 Å². The van der Waals surface area contributed by atoms with Gasteiger partial charge < -0.3 is 10.6 Å². The molecule has 0 spiro atoms. The van der Waals surface area contributed by atoms with Crippen molar-refractivity contribution in [3.8, 4) is 5.75 Å². The molecule has 0 amide bonds. The first-order valence-corrected chi connectivity index (χ1v) is 8.91. The fourth-order valence-corrected chi connectivity index (χ4v) is 3.40. The molecule has 0 saturated heterocycles. The fraction of sp³-hybridized carbons (Fsp3) is 0.125. The summed E-state index contributed by atoms with van der Waals surface area (Å²) >= 11 is 13.4. The molecule has 1 aromatic heterocycles. The lowest BCUT2D eigenvalue weighted by Crippen LogP contribution is -2.15. The van der Waals surface area contributed by atoms with Gasteiger partial charge in [-0.15, -0.1) is 10.2 Å². The van der Waals surface area contributed by atoms with E-state index in [9.17, 15) is 4.39 Å². The van der Waals surface area contributed by atoms with Crippen molar-refractivity contribution in [3.05, 3.63) is 69.7 Å². The van der Waals surface area contributed by atoms with Crippen LogP contribution in [0.25, 0.3) is 0 Å². The summed E-state index contributed by atoms with van der Waals surface area (Å²) in [5, 5.41) is 9.76. The number of benzene rings is 2. The van der Waals surface area contributed by atoms with Crippen molar-refractivity contribution in [1.29, 1.82) is 0 Å². The minimum absolute atomic E-state index is 0.122. The summed E-state index contributed by atoms with van der Waals surface area (Å²) in [6.07, 6.45) is 0. The number of thioether (sulfide) groups is 1. The van der Waals surface area contributed by atoms with Gasteiger partial charge in [0.25, 0.3) is 0 Å². The van der Waals surface area contributed by atoms with Gasteiger partial charge in [0.05, 0.1) is 0 Å². The lowest BCUT2D eigenvalue weighted by atomic mass is 10.2. The summed E-state index contributed by atoms with van der Waals surface area (Å²) in [5.41, 5.74) is 0.920. The predicted octanol–water partition coefficient (Wildman–Crippen LogP) is 4.31. The zero-order valence-electron chi connectivity index (χ0n) is 12.8. The van der Waals surface area contributed by atoms with E-state index in [1.165, 1.54) is 40.7 Å². The Morgan fingerprint density at radius 3 is 2.60 bits per heavy atom. The summed E-state index contributed by atoms with van der Waals surface area (Å²) < 4.78 is 19.8. The van der Waals surface area contributed by atoms with E-state index in [2.05, 4.69) is 10.2 Å². The van der Waals surface area contributed by atoms with E-state index in [1.54, 1.807) is 12.1 Å². The lowest BCUT2D eigenvalue weighted by Gasteiger charge is -2.07. The predicted molar refractivity (Wildman–Crippen MR) is 96.9 cm³/mol. The van der Waals surface area contributed by atoms with Crippen LogP contribution in [0.2, 0.25) is 10.0 Å². The lowest BCUT2D eigenvalue weighted by molar-refractivity contribution is 0.291. The van der Waals surface area contributed by atoms with Gasteiger partial charge >= 0.3 is 0 Å². The molecule has 1 heterocycles. The Kier molecular flexibility index (Phi) is 5.67. The third-order valence-corrected chi connectivity index (χ3v) is 4.87. The minimum atomic E-state index is -0.325. The monoisotopic (exact) mass is 398 g/mol. The Morgan fingerprint density at radius 2 is 1.88 bits per heavy atom. The number of rotatable bonds is 6. The smallest absolute Gasteiger partial charge is 0.210 e. The molecule has 0 aliphatic rings. The average molecular weight is 399 g/mol. The van der Waals surface area contributed by atoms with E-state index in [0.717, 1.165) is 5.56 Å². The average Bonchev–Trinajstić information content (AvgIpc) is 2.94. The van der Waals surface area contributed by atoms with Crippen LogP contribution < -0.4 is 10.6 Å². The Labute approximate surface area is 157 Å². The molecular formula is C16H13Cl2FN4OS. The van der Waals surface area contributed by atoms with Gasteiger partial charge in [-0.1, -0.05) is 41.0 Å². The molecule has 9 heteroatoms. The van der Waals surface area contributed by atoms with Crippen LogP contribution in [0.1, 0.15) is 11.4 Å². The summed E-state index contributed by atoms with van der Waals surface area (Å²) in [5.74, 6) is 7.22. The topological polar surface area (TPSA) is 66.0 Å². The zero-order chi connectivity index (χ0) is 17.8. The molecule has 0 fully saturated rings. The first kappa shape index (κ1) is 17.8. The van der Waals surface area contributed by atoms with Gasteiger partial charge in [-0.05, 0) is 42.0 Å². The maximum Gasteiger partial charge on any atom is 0.210 e. The van der Waals surface area contributed by atoms with E-state index >= 15 is 0 Å². The third-order valence-electron chi connectivity index (χ3n) is 3.29. The highest BCUT2D eigenvalue weighted by atomic mass is 35.5. The first-order chi connectivity index (χ1) is 12.0. The highest BCUT2D eigenvalue weighted by molar-refractivity contribution is 7.98. The second-order valence-electron chi connectivity index (χ2n) is 5.04. The number of nitrogens with zero attached hydrogens (tertiary/aromatic N) is 3. The van der Waals surface area contributed by atoms with Crippen molar-refractivity contribution in [3.63, 3.8) is 0 Å². The Hall–Kier alpha value is -1.96. The molecule has 0 unspecified atom stereocenters. The highest BCUT2D eigenvalue weighted by Gasteiger charge is 2.12. The number of halogens is 3. The van der Waals surface area contributed by atoms with Crippen LogP contribution in [-0.4, -0.2) is 14.9 Å². The Balaban J connectivity index is 1.61. The molecule has 0 atom stereocenters. The van der Waals surface area contributed by atoms with E-state index in [0.29, 0.717) is 32.5 Å². The van der Waals surface area contributed by atoms with E-state index in [-0.39, 0.29) is 12.4 Å². The van der Waals surface area contributed by atoms with Gasteiger partial charge in [0.2, 0.25) is 5.16 Å². The van der Waals surface area contributed by atoms with Gasteiger partial charge in [0, 0.05) is 15.8 Å². The van der Waals surface area contributed by atoms with Crippen LogP contribution in [0.3, 0.4) is 0 Å². The molecule has 3 aromatic rings. The molecule has 5 nitrogen and oxygen atoms in total. The molecule has 130 valence electrons. The summed E-state index contributed by atoms with van der Waals surface area (Å²) in [7, 11) is 0. The van der Waals surface area contributed by atoms with Crippen molar-refractivity contribution in [2.45, 2.75) is 17.5 Å². The van der Waals surface area contributed by atoms with Gasteiger partial charge in [-0.2, -0.15) is 0 Å². The molecule has 25 heavy (non-hydrogen) atoms. The molecule has 0 bridgehead atoms. The van der Waals surface area contributed by atoms with Crippen LogP contribution in [0.15, 0.2) is 47.6 Å². The maximum atomic E-state index is 12.9. The highest BCUT2D eigenvalue weighted by Crippen LogP contribution is 2.27. The second kappa shape index (κ2) is 7.95. The molecule has 0 aliphatic carbocycles. The van der Waals surface area contributed by atoms with Crippen molar-refractivity contribution >= 4 is 35.0 Å². The number of hydrogen-bond donors (Lipinski definition) is 1. The van der Waals surface area contributed by atoms with Crippen LogP contribution in [0.5, 0.6) is 5.75 Å². The van der Waals surface area contributed by atoms with Gasteiger partial charge in [0.15, 0.2) is 5.82 Å². The van der Waals surface area contributed by atoms with Gasteiger partial charge in [-0.25, -0.2) is 9.07 Å². The molecule has 0 aliphatic heterocycles. The minimum Gasteiger partial charge on any atom is -0.486 e. The summed E-state index contributed by atoms with van der Waals surface area (Å²) in [6, 6.07) is 11.0. The third kappa shape index (κ3) is 4.56. The quantitative estimate of drug-likeness (QED) is 0.494. The maximum absolute atomic E-state index is 12.9. The van der Waals surface area contributed by atoms with Crippen molar-refractivity contribution in [1.82, 2.24) is 14.9 Å². The molecule has 3 rings (SSSR count). The van der Waals surface area contributed by atoms with Crippen LogP contribution >= 0.6 is 35.0 Å². The normalized spacial score (nSPS) is 10.8.